The first-order valence-corrected chi connectivity index (χ1v) is 7.77. The largest absolute Gasteiger partial charge is 0.505 e. The van der Waals surface area contributed by atoms with Gasteiger partial charge in [-0.15, -0.1) is 11.3 Å². The zero-order chi connectivity index (χ0) is 16.0. The minimum absolute atomic E-state index is 0.188. The Bertz CT molecular complexity index is 1020. The molecule has 0 spiro atoms. The fraction of sp³-hybridized carbons (Fsp3) is 0.133. The summed E-state index contributed by atoms with van der Waals surface area (Å²) in [5.74, 6) is 1.76. The van der Waals surface area contributed by atoms with Crippen LogP contribution in [0.3, 0.4) is 0 Å². The van der Waals surface area contributed by atoms with Crippen molar-refractivity contribution in [2.24, 2.45) is 0 Å². The molecule has 0 radical (unpaired) electrons. The zero-order valence-corrected chi connectivity index (χ0v) is 13.3. The lowest BCUT2D eigenvalue weighted by Crippen LogP contribution is -2.06. The van der Waals surface area contributed by atoms with E-state index in [4.69, 9.17) is 4.74 Å². The van der Waals surface area contributed by atoms with Gasteiger partial charge in [0.25, 0.3) is 5.78 Å². The van der Waals surface area contributed by atoms with Gasteiger partial charge in [0.15, 0.2) is 11.6 Å². The van der Waals surface area contributed by atoms with Crippen molar-refractivity contribution < 1.29 is 9.84 Å². The predicted octanol–water partition coefficient (Wildman–Crippen LogP) is 3.11. The minimum atomic E-state index is 0.188. The molecule has 8 heteroatoms. The molecule has 0 bridgehead atoms. The quantitative estimate of drug-likeness (QED) is 0.563. The van der Waals surface area contributed by atoms with Gasteiger partial charge in [-0.1, -0.05) is 0 Å². The van der Waals surface area contributed by atoms with E-state index in [2.05, 4.69) is 20.4 Å². The first-order valence-electron chi connectivity index (χ1n) is 6.89. The number of anilines is 2. The Balaban J connectivity index is 1.91. The Hall–Kier alpha value is -2.87. The summed E-state index contributed by atoms with van der Waals surface area (Å²) >= 11 is 1.58. The molecule has 7 nitrogen and oxygen atoms in total. The van der Waals surface area contributed by atoms with Gasteiger partial charge in [-0.2, -0.15) is 14.6 Å². The monoisotopic (exact) mass is 327 g/mol. The van der Waals surface area contributed by atoms with E-state index in [-0.39, 0.29) is 5.75 Å². The summed E-state index contributed by atoms with van der Waals surface area (Å²) in [7, 11) is 1.57. The van der Waals surface area contributed by atoms with Crippen LogP contribution in [-0.4, -0.2) is 31.8 Å². The standard InChI is InChI=1S/C15H13N5O2S/c1-8-13(22-2)14(20-15(18-8)16-7-17-20)19-10-3-4-11-9(12(10)21)5-6-23-11/h3-7,19,21H,1-2H3. The molecule has 0 fully saturated rings. The molecule has 0 atom stereocenters. The predicted molar refractivity (Wildman–Crippen MR) is 88.8 cm³/mol. The van der Waals surface area contributed by atoms with Crippen molar-refractivity contribution >= 4 is 38.7 Å². The van der Waals surface area contributed by atoms with E-state index in [0.29, 0.717) is 28.7 Å². The van der Waals surface area contributed by atoms with Crippen LogP contribution in [0.25, 0.3) is 15.9 Å². The number of hydrogen-bond donors (Lipinski definition) is 2. The second-order valence-corrected chi connectivity index (χ2v) is 5.92. The van der Waals surface area contributed by atoms with E-state index >= 15 is 0 Å². The molecule has 3 aromatic heterocycles. The molecule has 0 saturated heterocycles. The van der Waals surface area contributed by atoms with Crippen LogP contribution in [-0.2, 0) is 0 Å². The second-order valence-electron chi connectivity index (χ2n) is 4.97. The molecule has 23 heavy (non-hydrogen) atoms. The van der Waals surface area contributed by atoms with E-state index in [1.807, 2.05) is 30.5 Å². The molecule has 2 N–H and O–H groups in total. The van der Waals surface area contributed by atoms with E-state index in [1.54, 1.807) is 23.0 Å². The van der Waals surface area contributed by atoms with Crippen molar-refractivity contribution in [2.45, 2.75) is 6.92 Å². The number of thiophene rings is 1. The summed E-state index contributed by atoms with van der Waals surface area (Å²) in [6.07, 6.45) is 1.42. The summed E-state index contributed by atoms with van der Waals surface area (Å²) in [6.45, 7) is 1.83. The smallest absolute Gasteiger partial charge is 0.254 e. The van der Waals surface area contributed by atoms with Crippen LogP contribution in [0.2, 0.25) is 0 Å². The normalized spacial score (nSPS) is 11.2. The summed E-state index contributed by atoms with van der Waals surface area (Å²) < 4.78 is 8.01. The summed E-state index contributed by atoms with van der Waals surface area (Å²) in [5.41, 5.74) is 1.25. The summed E-state index contributed by atoms with van der Waals surface area (Å²) in [4.78, 5) is 8.44. The second kappa shape index (κ2) is 5.10. The van der Waals surface area contributed by atoms with E-state index < -0.39 is 0 Å². The summed E-state index contributed by atoms with van der Waals surface area (Å²) in [6, 6.07) is 5.67. The molecule has 0 aliphatic carbocycles. The van der Waals surface area contributed by atoms with Crippen LogP contribution in [0.15, 0.2) is 29.9 Å². The average molecular weight is 327 g/mol. The third kappa shape index (κ3) is 2.07. The molecule has 4 aromatic rings. The van der Waals surface area contributed by atoms with Gasteiger partial charge in [0.1, 0.15) is 12.1 Å². The highest BCUT2D eigenvalue weighted by Gasteiger charge is 2.17. The number of phenols is 1. The van der Waals surface area contributed by atoms with Gasteiger partial charge in [-0.05, 0) is 30.5 Å². The Kier molecular flexibility index (Phi) is 3.05. The lowest BCUT2D eigenvalue weighted by atomic mass is 10.2. The average Bonchev–Trinajstić information content (AvgIpc) is 3.18. The van der Waals surface area contributed by atoms with Crippen LogP contribution in [0.1, 0.15) is 5.69 Å². The first kappa shape index (κ1) is 13.8. The number of aryl methyl sites for hydroxylation is 1. The number of aromatic nitrogens is 4. The van der Waals surface area contributed by atoms with Gasteiger partial charge >= 0.3 is 0 Å². The maximum atomic E-state index is 10.5. The number of aromatic hydroxyl groups is 1. The molecule has 4 rings (SSSR count). The first-order chi connectivity index (χ1) is 11.2. The Labute approximate surface area is 135 Å². The van der Waals surface area contributed by atoms with Crippen molar-refractivity contribution in [1.82, 2.24) is 19.6 Å². The fourth-order valence-electron chi connectivity index (χ4n) is 2.55. The van der Waals surface area contributed by atoms with E-state index in [1.165, 1.54) is 6.33 Å². The minimum Gasteiger partial charge on any atom is -0.505 e. The lowest BCUT2D eigenvalue weighted by Gasteiger charge is -2.15. The third-order valence-electron chi connectivity index (χ3n) is 3.62. The lowest BCUT2D eigenvalue weighted by molar-refractivity contribution is 0.408. The number of benzene rings is 1. The number of fused-ring (bicyclic) bond motifs is 2. The third-order valence-corrected chi connectivity index (χ3v) is 4.50. The van der Waals surface area contributed by atoms with Gasteiger partial charge in [0, 0.05) is 10.1 Å². The molecule has 1 aromatic carbocycles. The molecule has 0 aliphatic heterocycles. The van der Waals surface area contributed by atoms with Gasteiger partial charge in [0.05, 0.1) is 18.5 Å². The van der Waals surface area contributed by atoms with Crippen LogP contribution in [0.5, 0.6) is 11.5 Å². The van der Waals surface area contributed by atoms with Crippen LogP contribution in [0, 0.1) is 6.92 Å². The van der Waals surface area contributed by atoms with Crippen LogP contribution >= 0.6 is 11.3 Å². The molecule has 3 heterocycles. The fourth-order valence-corrected chi connectivity index (χ4v) is 3.34. The topological polar surface area (TPSA) is 84.6 Å². The molecule has 116 valence electrons. The van der Waals surface area contributed by atoms with Crippen molar-refractivity contribution in [3.05, 3.63) is 35.6 Å². The highest BCUT2D eigenvalue weighted by molar-refractivity contribution is 7.17. The number of nitrogens with one attached hydrogen (secondary N) is 1. The van der Waals surface area contributed by atoms with Crippen molar-refractivity contribution in [3.63, 3.8) is 0 Å². The Morgan fingerprint density at radius 3 is 3.00 bits per heavy atom. The van der Waals surface area contributed by atoms with Gasteiger partial charge < -0.3 is 15.2 Å². The maximum absolute atomic E-state index is 10.5. The van der Waals surface area contributed by atoms with Gasteiger partial charge in [-0.3, -0.25) is 0 Å². The van der Waals surface area contributed by atoms with E-state index in [0.717, 1.165) is 10.1 Å². The number of hydrogen-bond acceptors (Lipinski definition) is 7. The van der Waals surface area contributed by atoms with Gasteiger partial charge in [0.2, 0.25) is 0 Å². The molecule has 0 amide bonds. The Morgan fingerprint density at radius 2 is 2.17 bits per heavy atom. The molecular formula is C15H13N5O2S. The molecule has 0 aliphatic rings. The van der Waals surface area contributed by atoms with E-state index in [9.17, 15) is 5.11 Å². The van der Waals surface area contributed by atoms with Crippen LogP contribution < -0.4 is 10.1 Å². The number of nitrogens with zero attached hydrogens (tertiary/aromatic N) is 4. The molecule has 0 unspecified atom stereocenters. The number of phenolic OH excluding ortho intramolecular Hbond substituents is 1. The van der Waals surface area contributed by atoms with Gasteiger partial charge in [-0.25, -0.2) is 4.98 Å². The number of rotatable bonds is 3. The van der Waals surface area contributed by atoms with Crippen molar-refractivity contribution in [3.8, 4) is 11.5 Å². The number of methoxy groups -OCH3 is 1. The summed E-state index contributed by atoms with van der Waals surface area (Å²) in [5, 5.41) is 20.6. The Morgan fingerprint density at radius 1 is 1.30 bits per heavy atom. The highest BCUT2D eigenvalue weighted by atomic mass is 32.1. The van der Waals surface area contributed by atoms with Crippen molar-refractivity contribution in [2.75, 3.05) is 12.4 Å². The SMILES string of the molecule is COc1c(C)nc2ncnn2c1Nc1ccc2sccc2c1O. The molecular weight excluding hydrogens is 314 g/mol. The zero-order valence-electron chi connectivity index (χ0n) is 12.4. The molecule has 0 saturated carbocycles. The van der Waals surface area contributed by atoms with Crippen LogP contribution in [0.4, 0.5) is 11.5 Å². The number of ether oxygens (including phenoxy) is 1. The van der Waals surface area contributed by atoms with Crippen molar-refractivity contribution in [1.29, 1.82) is 0 Å². The highest BCUT2D eigenvalue weighted by Crippen LogP contribution is 2.38. The maximum Gasteiger partial charge on any atom is 0.254 e.